The number of hydrogen-bond acceptors (Lipinski definition) is 6. The largest absolute Gasteiger partial charge is 0.497 e. The van der Waals surface area contributed by atoms with Crippen LogP contribution in [0.2, 0.25) is 0 Å². The monoisotopic (exact) mass is 367 g/mol. The molecule has 0 aliphatic carbocycles. The Hall–Kier alpha value is -3.19. The fraction of sp³-hybridized carbons (Fsp3) is 0.105. The van der Waals surface area contributed by atoms with E-state index in [9.17, 15) is 4.79 Å². The molecular weight excluding hydrogens is 350 g/mol. The summed E-state index contributed by atoms with van der Waals surface area (Å²) >= 11 is 1.30. The molecule has 1 heterocycles. The van der Waals surface area contributed by atoms with Crippen LogP contribution in [0.15, 0.2) is 48.5 Å². The molecule has 2 aromatic carbocycles. The van der Waals surface area contributed by atoms with Crippen LogP contribution in [-0.4, -0.2) is 30.3 Å². The Morgan fingerprint density at radius 3 is 2.50 bits per heavy atom. The number of rotatable bonds is 6. The maximum Gasteiger partial charge on any atom is 0.257 e. The number of carbonyl (C=O) groups excluding carboxylic acids is 1. The van der Waals surface area contributed by atoms with E-state index in [0.29, 0.717) is 21.5 Å². The lowest BCUT2D eigenvalue weighted by Gasteiger charge is -2.03. The molecule has 0 unspecified atom stereocenters. The molecule has 132 valence electrons. The zero-order chi connectivity index (χ0) is 18.4. The maximum absolute atomic E-state index is 12.3. The molecule has 6 nitrogen and oxygen atoms in total. The Morgan fingerprint density at radius 1 is 1.00 bits per heavy atom. The molecule has 1 N–H and O–H groups in total. The average molecular weight is 367 g/mol. The highest BCUT2D eigenvalue weighted by Crippen LogP contribution is 2.20. The van der Waals surface area contributed by atoms with Crippen molar-refractivity contribution < 1.29 is 14.3 Å². The summed E-state index contributed by atoms with van der Waals surface area (Å²) in [6, 6.07) is 14.6. The van der Waals surface area contributed by atoms with Gasteiger partial charge < -0.3 is 9.47 Å². The van der Waals surface area contributed by atoms with E-state index in [1.54, 1.807) is 38.5 Å². The third-order valence-electron chi connectivity index (χ3n) is 3.53. The minimum atomic E-state index is -0.259. The van der Waals surface area contributed by atoms with Crippen LogP contribution in [0.3, 0.4) is 0 Å². The van der Waals surface area contributed by atoms with Crippen LogP contribution < -0.4 is 14.8 Å². The number of nitrogens with one attached hydrogen (secondary N) is 1. The number of hydrogen-bond donors (Lipinski definition) is 1. The normalized spacial score (nSPS) is 10.7. The third kappa shape index (κ3) is 4.46. The first-order valence-electron chi connectivity index (χ1n) is 7.79. The van der Waals surface area contributed by atoms with Crippen LogP contribution in [0.5, 0.6) is 11.5 Å². The van der Waals surface area contributed by atoms with Gasteiger partial charge in [0, 0.05) is 5.56 Å². The van der Waals surface area contributed by atoms with Gasteiger partial charge in [0.25, 0.3) is 5.91 Å². The zero-order valence-electron chi connectivity index (χ0n) is 14.3. The predicted molar refractivity (Wildman–Crippen MR) is 103 cm³/mol. The Bertz CT molecular complexity index is 920. The molecule has 26 heavy (non-hydrogen) atoms. The number of carbonyl (C=O) groups is 1. The van der Waals surface area contributed by atoms with E-state index in [-0.39, 0.29) is 5.91 Å². The number of benzene rings is 2. The summed E-state index contributed by atoms with van der Waals surface area (Å²) in [7, 11) is 3.19. The highest BCUT2D eigenvalue weighted by Gasteiger charge is 2.10. The second-order valence-electron chi connectivity index (χ2n) is 5.24. The van der Waals surface area contributed by atoms with Crippen molar-refractivity contribution in [2.24, 2.45) is 0 Å². The van der Waals surface area contributed by atoms with Gasteiger partial charge in [0.15, 0.2) is 0 Å². The number of nitrogens with zero attached hydrogens (tertiary/aromatic N) is 2. The minimum absolute atomic E-state index is 0.259. The molecular formula is C19H17N3O3S. The van der Waals surface area contributed by atoms with Gasteiger partial charge in [0.2, 0.25) is 5.13 Å². The molecule has 0 fully saturated rings. The number of aromatic nitrogens is 2. The number of methoxy groups -OCH3 is 2. The van der Waals surface area contributed by atoms with Gasteiger partial charge >= 0.3 is 0 Å². The highest BCUT2D eigenvalue weighted by molar-refractivity contribution is 7.16. The summed E-state index contributed by atoms with van der Waals surface area (Å²) in [4.78, 5) is 12.3. The average Bonchev–Trinajstić information content (AvgIpc) is 3.14. The highest BCUT2D eigenvalue weighted by atomic mass is 32.1. The number of amides is 1. The van der Waals surface area contributed by atoms with E-state index in [2.05, 4.69) is 15.5 Å². The molecule has 1 aromatic heterocycles. The van der Waals surface area contributed by atoms with Gasteiger partial charge in [-0.2, -0.15) is 0 Å². The van der Waals surface area contributed by atoms with Crippen molar-refractivity contribution in [3.05, 3.63) is 64.7 Å². The molecule has 3 rings (SSSR count). The molecule has 0 aliphatic rings. The lowest BCUT2D eigenvalue weighted by Crippen LogP contribution is -2.11. The van der Waals surface area contributed by atoms with Gasteiger partial charge in [-0.3, -0.25) is 10.1 Å². The summed E-state index contributed by atoms with van der Waals surface area (Å²) in [5.41, 5.74) is 1.51. The van der Waals surface area contributed by atoms with Gasteiger partial charge in [0.1, 0.15) is 16.5 Å². The molecule has 0 radical (unpaired) electrons. The molecule has 0 spiro atoms. The Morgan fingerprint density at radius 2 is 1.77 bits per heavy atom. The quantitative estimate of drug-likeness (QED) is 0.713. The van der Waals surface area contributed by atoms with Gasteiger partial charge in [-0.1, -0.05) is 35.6 Å². The fourth-order valence-corrected chi connectivity index (χ4v) is 2.81. The van der Waals surface area contributed by atoms with E-state index in [1.807, 2.05) is 36.4 Å². The van der Waals surface area contributed by atoms with E-state index in [4.69, 9.17) is 9.47 Å². The third-order valence-corrected chi connectivity index (χ3v) is 4.33. The lowest BCUT2D eigenvalue weighted by molar-refractivity contribution is 0.102. The van der Waals surface area contributed by atoms with Crippen molar-refractivity contribution in [3.8, 4) is 11.5 Å². The smallest absolute Gasteiger partial charge is 0.257 e. The maximum atomic E-state index is 12.3. The standard InChI is InChI=1S/C19H17N3O3S/c1-24-15-9-6-13(7-10-15)8-11-17-21-22-19(26-17)20-18(23)14-4-3-5-16(12-14)25-2/h3-12H,1-2H3,(H,20,22,23)/b11-8+. The molecule has 1 amide bonds. The van der Waals surface area contributed by atoms with E-state index < -0.39 is 0 Å². The molecule has 0 aliphatic heterocycles. The number of anilines is 1. The van der Waals surface area contributed by atoms with E-state index >= 15 is 0 Å². The minimum Gasteiger partial charge on any atom is -0.497 e. The second-order valence-corrected chi connectivity index (χ2v) is 6.25. The summed E-state index contributed by atoms with van der Waals surface area (Å²) in [5.74, 6) is 1.17. The molecule has 0 bridgehead atoms. The van der Waals surface area contributed by atoms with Crippen LogP contribution in [-0.2, 0) is 0 Å². The molecule has 7 heteroatoms. The summed E-state index contributed by atoms with van der Waals surface area (Å²) < 4.78 is 10.3. The van der Waals surface area contributed by atoms with Gasteiger partial charge in [0.05, 0.1) is 14.2 Å². The lowest BCUT2D eigenvalue weighted by atomic mass is 10.2. The van der Waals surface area contributed by atoms with Crippen LogP contribution in [0.1, 0.15) is 20.9 Å². The first-order valence-corrected chi connectivity index (χ1v) is 8.60. The Balaban J connectivity index is 1.65. The Kier molecular flexibility index (Phi) is 5.60. The number of ether oxygens (including phenoxy) is 2. The SMILES string of the molecule is COc1ccc(/C=C/c2nnc(NC(=O)c3cccc(OC)c3)s2)cc1. The first-order chi connectivity index (χ1) is 12.7. The van der Waals surface area contributed by atoms with Crippen molar-refractivity contribution in [1.82, 2.24) is 10.2 Å². The topological polar surface area (TPSA) is 73.3 Å². The van der Waals surface area contributed by atoms with E-state index in [1.165, 1.54) is 11.3 Å². The molecule has 0 saturated carbocycles. The van der Waals surface area contributed by atoms with Crippen LogP contribution >= 0.6 is 11.3 Å². The Labute approximate surface area is 155 Å². The fourth-order valence-electron chi connectivity index (χ4n) is 2.17. The van der Waals surface area contributed by atoms with Crippen LogP contribution in [0.4, 0.5) is 5.13 Å². The van der Waals surface area contributed by atoms with Gasteiger partial charge in [-0.15, -0.1) is 10.2 Å². The molecule has 0 saturated heterocycles. The van der Waals surface area contributed by atoms with Crippen molar-refractivity contribution in [2.75, 3.05) is 19.5 Å². The van der Waals surface area contributed by atoms with Gasteiger partial charge in [-0.05, 0) is 42.0 Å². The summed E-state index contributed by atoms with van der Waals surface area (Å²) in [6.07, 6.45) is 3.77. The second kappa shape index (κ2) is 8.26. The van der Waals surface area contributed by atoms with Gasteiger partial charge in [-0.25, -0.2) is 0 Å². The van der Waals surface area contributed by atoms with Crippen LogP contribution in [0.25, 0.3) is 12.2 Å². The molecule has 0 atom stereocenters. The molecule has 3 aromatic rings. The van der Waals surface area contributed by atoms with E-state index in [0.717, 1.165) is 11.3 Å². The summed E-state index contributed by atoms with van der Waals surface area (Å²) in [5, 5.41) is 11.9. The van der Waals surface area contributed by atoms with Crippen molar-refractivity contribution in [1.29, 1.82) is 0 Å². The van der Waals surface area contributed by atoms with Crippen molar-refractivity contribution >= 4 is 34.5 Å². The van der Waals surface area contributed by atoms with Crippen molar-refractivity contribution in [3.63, 3.8) is 0 Å². The van der Waals surface area contributed by atoms with Crippen LogP contribution in [0, 0.1) is 0 Å². The first kappa shape index (κ1) is 17.6. The summed E-state index contributed by atoms with van der Waals surface area (Å²) in [6.45, 7) is 0. The zero-order valence-corrected chi connectivity index (χ0v) is 15.1. The predicted octanol–water partition coefficient (Wildman–Crippen LogP) is 3.98. The van der Waals surface area contributed by atoms with Crippen molar-refractivity contribution in [2.45, 2.75) is 0 Å².